The maximum absolute atomic E-state index is 12.8. The van der Waals surface area contributed by atoms with Crippen molar-refractivity contribution in [2.24, 2.45) is 5.92 Å². The molecule has 150 valence electrons. The predicted octanol–water partition coefficient (Wildman–Crippen LogP) is 3.80. The molecule has 1 aliphatic heterocycles. The zero-order valence-electron chi connectivity index (χ0n) is 16.9. The summed E-state index contributed by atoms with van der Waals surface area (Å²) in [4.78, 5) is 27.2. The maximum Gasteiger partial charge on any atom is 0.241 e. The Balaban J connectivity index is 1.54. The van der Waals surface area contributed by atoms with Crippen LogP contribution >= 0.6 is 0 Å². The Labute approximate surface area is 167 Å². The van der Waals surface area contributed by atoms with Crippen molar-refractivity contribution in [1.82, 2.24) is 10.2 Å². The average molecular weight is 382 g/mol. The van der Waals surface area contributed by atoms with E-state index in [2.05, 4.69) is 22.5 Å². The molecule has 0 aromatic heterocycles. The first kappa shape index (κ1) is 20.3. The number of hydrogen-bond donors (Lipinski definition) is 2. The number of amides is 2. The summed E-state index contributed by atoms with van der Waals surface area (Å²) in [7, 11) is 0. The summed E-state index contributed by atoms with van der Waals surface area (Å²) < 4.78 is 0. The van der Waals surface area contributed by atoms with Gasteiger partial charge in [0, 0.05) is 23.5 Å². The Bertz CT molecular complexity index is 807. The van der Waals surface area contributed by atoms with Crippen LogP contribution in [0.2, 0.25) is 0 Å². The van der Waals surface area contributed by atoms with Crippen LogP contribution < -0.4 is 10.6 Å². The van der Waals surface area contributed by atoms with Crippen molar-refractivity contribution in [2.75, 3.05) is 25.0 Å². The molecule has 1 heterocycles. The van der Waals surface area contributed by atoms with Crippen molar-refractivity contribution < 1.29 is 9.59 Å². The van der Waals surface area contributed by atoms with Crippen molar-refractivity contribution in [2.45, 2.75) is 45.6 Å². The van der Waals surface area contributed by atoms with Crippen molar-refractivity contribution in [3.8, 4) is 0 Å². The van der Waals surface area contributed by atoms with Gasteiger partial charge in [-0.3, -0.25) is 14.5 Å². The Morgan fingerprint density at radius 3 is 2.57 bits per heavy atom. The van der Waals surface area contributed by atoms with Crippen LogP contribution in [-0.2, 0) is 9.59 Å². The summed E-state index contributed by atoms with van der Waals surface area (Å²) in [6.07, 6.45) is 3.73. The number of piperidine rings is 1. The fraction of sp³-hybridized carbons (Fsp3) is 0.478. The van der Waals surface area contributed by atoms with Gasteiger partial charge >= 0.3 is 0 Å². The number of unbranched alkanes of at least 4 members (excludes halogenated alkanes) is 1. The van der Waals surface area contributed by atoms with Gasteiger partial charge in [-0.25, -0.2) is 0 Å². The third-order valence-corrected chi connectivity index (χ3v) is 5.70. The SMILES string of the molecule is CCCCNC(=O)C1CCN([C@@H](C)C(=O)Nc2cccc3ccccc23)CC1. The van der Waals surface area contributed by atoms with Gasteiger partial charge in [0.15, 0.2) is 0 Å². The number of fused-ring (bicyclic) bond motifs is 1. The second kappa shape index (κ2) is 9.69. The van der Waals surface area contributed by atoms with E-state index in [4.69, 9.17) is 0 Å². The molecule has 0 aliphatic carbocycles. The number of hydrogen-bond acceptors (Lipinski definition) is 3. The molecule has 5 heteroatoms. The Morgan fingerprint density at radius 2 is 1.82 bits per heavy atom. The van der Waals surface area contributed by atoms with Gasteiger partial charge in [-0.15, -0.1) is 0 Å². The lowest BCUT2D eigenvalue weighted by Crippen LogP contribution is -2.48. The molecule has 2 aromatic carbocycles. The number of nitrogens with one attached hydrogen (secondary N) is 2. The number of carbonyl (C=O) groups excluding carboxylic acids is 2. The van der Waals surface area contributed by atoms with Crippen LogP contribution in [0.4, 0.5) is 5.69 Å². The van der Waals surface area contributed by atoms with Gasteiger partial charge in [0.1, 0.15) is 0 Å². The van der Waals surface area contributed by atoms with E-state index < -0.39 is 0 Å². The smallest absolute Gasteiger partial charge is 0.241 e. The van der Waals surface area contributed by atoms with Gasteiger partial charge < -0.3 is 10.6 Å². The van der Waals surface area contributed by atoms with Crippen LogP contribution in [0.5, 0.6) is 0 Å². The average Bonchev–Trinajstić information content (AvgIpc) is 2.73. The number of carbonyl (C=O) groups is 2. The highest BCUT2D eigenvalue weighted by molar-refractivity contribution is 6.03. The molecule has 3 rings (SSSR count). The number of likely N-dealkylation sites (tertiary alicyclic amines) is 1. The first-order chi connectivity index (χ1) is 13.6. The van der Waals surface area contributed by atoms with Gasteiger partial charge in [-0.05, 0) is 50.7 Å². The van der Waals surface area contributed by atoms with Crippen LogP contribution in [0.25, 0.3) is 10.8 Å². The van der Waals surface area contributed by atoms with Crippen molar-refractivity contribution in [3.05, 3.63) is 42.5 Å². The molecule has 0 spiro atoms. The van der Waals surface area contributed by atoms with Gasteiger partial charge in [0.25, 0.3) is 0 Å². The second-order valence-corrected chi connectivity index (χ2v) is 7.65. The standard InChI is InChI=1S/C23H31N3O2/c1-3-4-14-24-23(28)19-12-15-26(16-13-19)17(2)22(27)25-21-11-7-9-18-8-5-6-10-20(18)21/h5-11,17,19H,3-4,12-16H2,1-2H3,(H,24,28)(H,25,27)/t17-/m0/s1. The van der Waals surface area contributed by atoms with E-state index in [1.165, 1.54) is 0 Å². The van der Waals surface area contributed by atoms with E-state index >= 15 is 0 Å². The Hall–Kier alpha value is -2.40. The Kier molecular flexibility index (Phi) is 7.04. The highest BCUT2D eigenvalue weighted by Crippen LogP contribution is 2.24. The molecule has 0 unspecified atom stereocenters. The summed E-state index contributed by atoms with van der Waals surface area (Å²) >= 11 is 0. The molecule has 0 radical (unpaired) electrons. The van der Waals surface area contributed by atoms with Gasteiger partial charge in [0.05, 0.1) is 6.04 Å². The zero-order chi connectivity index (χ0) is 19.9. The predicted molar refractivity (Wildman–Crippen MR) is 114 cm³/mol. The molecule has 2 aromatic rings. The molecule has 5 nitrogen and oxygen atoms in total. The molecule has 0 saturated carbocycles. The van der Waals surface area contributed by atoms with Crippen LogP contribution in [0.3, 0.4) is 0 Å². The van der Waals surface area contributed by atoms with Crippen LogP contribution in [0, 0.1) is 5.92 Å². The molecular formula is C23H31N3O2. The third kappa shape index (κ3) is 4.90. The second-order valence-electron chi connectivity index (χ2n) is 7.65. The number of rotatable bonds is 7. The molecule has 1 fully saturated rings. The van der Waals surface area contributed by atoms with Crippen LogP contribution in [0.1, 0.15) is 39.5 Å². The number of nitrogens with zero attached hydrogens (tertiary/aromatic N) is 1. The maximum atomic E-state index is 12.8. The van der Waals surface area contributed by atoms with Crippen molar-refractivity contribution >= 4 is 28.3 Å². The van der Waals surface area contributed by atoms with E-state index in [0.29, 0.717) is 0 Å². The minimum atomic E-state index is -0.219. The molecule has 1 atom stereocenters. The normalized spacial score (nSPS) is 16.6. The van der Waals surface area contributed by atoms with E-state index in [1.807, 2.05) is 49.4 Å². The number of benzene rings is 2. The van der Waals surface area contributed by atoms with Crippen LogP contribution in [-0.4, -0.2) is 42.4 Å². The summed E-state index contributed by atoms with van der Waals surface area (Å²) in [5.41, 5.74) is 0.847. The van der Waals surface area contributed by atoms with Crippen molar-refractivity contribution in [3.63, 3.8) is 0 Å². The first-order valence-electron chi connectivity index (χ1n) is 10.4. The molecule has 2 N–H and O–H groups in total. The largest absolute Gasteiger partial charge is 0.356 e. The molecular weight excluding hydrogens is 350 g/mol. The monoisotopic (exact) mass is 381 g/mol. The minimum absolute atomic E-state index is 0.00204. The van der Waals surface area contributed by atoms with Crippen LogP contribution in [0.15, 0.2) is 42.5 Å². The molecule has 2 amide bonds. The highest BCUT2D eigenvalue weighted by Gasteiger charge is 2.29. The van der Waals surface area contributed by atoms with Gasteiger partial charge in [-0.1, -0.05) is 49.7 Å². The fourth-order valence-electron chi connectivity index (χ4n) is 3.82. The zero-order valence-corrected chi connectivity index (χ0v) is 16.9. The molecule has 0 bridgehead atoms. The quantitative estimate of drug-likeness (QED) is 0.717. The van der Waals surface area contributed by atoms with E-state index in [9.17, 15) is 9.59 Å². The topological polar surface area (TPSA) is 61.4 Å². The van der Waals surface area contributed by atoms with E-state index in [0.717, 1.165) is 61.8 Å². The van der Waals surface area contributed by atoms with E-state index in [-0.39, 0.29) is 23.8 Å². The first-order valence-corrected chi connectivity index (χ1v) is 10.4. The minimum Gasteiger partial charge on any atom is -0.356 e. The van der Waals surface area contributed by atoms with Gasteiger partial charge in [0.2, 0.25) is 11.8 Å². The highest BCUT2D eigenvalue weighted by atomic mass is 16.2. The lowest BCUT2D eigenvalue weighted by atomic mass is 9.95. The molecule has 1 saturated heterocycles. The number of anilines is 1. The summed E-state index contributed by atoms with van der Waals surface area (Å²) in [6, 6.07) is 13.8. The summed E-state index contributed by atoms with van der Waals surface area (Å²) in [5, 5.41) is 8.29. The van der Waals surface area contributed by atoms with E-state index in [1.54, 1.807) is 0 Å². The summed E-state index contributed by atoms with van der Waals surface area (Å²) in [5.74, 6) is 0.240. The lowest BCUT2D eigenvalue weighted by molar-refractivity contribution is -0.127. The molecule has 1 aliphatic rings. The third-order valence-electron chi connectivity index (χ3n) is 5.70. The van der Waals surface area contributed by atoms with Gasteiger partial charge in [-0.2, -0.15) is 0 Å². The lowest BCUT2D eigenvalue weighted by Gasteiger charge is -2.34. The molecule has 28 heavy (non-hydrogen) atoms. The fourth-order valence-corrected chi connectivity index (χ4v) is 3.82. The Morgan fingerprint density at radius 1 is 1.11 bits per heavy atom. The van der Waals surface area contributed by atoms with Crippen molar-refractivity contribution in [1.29, 1.82) is 0 Å². The summed E-state index contributed by atoms with van der Waals surface area (Å²) in [6.45, 7) is 6.38.